The number of hydrogen-bond donors (Lipinski definition) is 4. The van der Waals surface area contributed by atoms with Crippen LogP contribution in [0.2, 0.25) is 5.02 Å². The van der Waals surface area contributed by atoms with E-state index in [-0.39, 0.29) is 0 Å². The Morgan fingerprint density at radius 2 is 1.69 bits per heavy atom. The molecule has 2 aliphatic rings. The van der Waals surface area contributed by atoms with E-state index in [2.05, 4.69) is 0 Å². The van der Waals surface area contributed by atoms with E-state index < -0.39 is 37.1 Å². The van der Waals surface area contributed by atoms with Crippen LogP contribution in [-0.4, -0.2) is 70.8 Å². The van der Waals surface area contributed by atoms with Crippen LogP contribution in [0.1, 0.15) is 35.6 Å². The third kappa shape index (κ3) is 5.61. The average molecular weight is 465 g/mol. The molecular weight excluding hydrogens is 436 g/mol. The Labute approximate surface area is 192 Å². The Morgan fingerprint density at radius 3 is 2.38 bits per heavy atom. The lowest BCUT2D eigenvalue weighted by molar-refractivity contribution is -0.231. The molecule has 174 valence electrons. The van der Waals surface area contributed by atoms with E-state index in [4.69, 9.17) is 25.8 Å². The van der Waals surface area contributed by atoms with Gasteiger partial charge in [-0.3, -0.25) is 0 Å². The Bertz CT molecular complexity index is 884. The van der Waals surface area contributed by atoms with Gasteiger partial charge in [-0.1, -0.05) is 35.9 Å². The van der Waals surface area contributed by atoms with E-state index >= 15 is 0 Å². The molecule has 1 saturated carbocycles. The van der Waals surface area contributed by atoms with Gasteiger partial charge in [0.05, 0.1) is 19.3 Å². The van der Waals surface area contributed by atoms with Crippen molar-refractivity contribution in [1.29, 1.82) is 0 Å². The lowest BCUT2D eigenvalue weighted by atomic mass is 9.90. The SMILES string of the molecule is OC[C@H]1O[C@@H](c2ccc(Cl)c(Cc3ccc(OCCOC4CC4)cc3)c2)C(O)[C@@H](O)C1O. The molecule has 2 aromatic rings. The van der Waals surface area contributed by atoms with Crippen molar-refractivity contribution < 1.29 is 34.6 Å². The molecule has 0 aromatic heterocycles. The highest BCUT2D eigenvalue weighted by molar-refractivity contribution is 6.31. The molecule has 1 saturated heterocycles. The summed E-state index contributed by atoms with van der Waals surface area (Å²) in [6.45, 7) is 0.638. The highest BCUT2D eigenvalue weighted by Gasteiger charge is 2.44. The van der Waals surface area contributed by atoms with Gasteiger partial charge in [-0.05, 0) is 54.2 Å². The molecule has 2 aromatic carbocycles. The maximum absolute atomic E-state index is 10.4. The van der Waals surface area contributed by atoms with E-state index in [0.717, 1.165) is 29.7 Å². The molecular formula is C24H29ClO7. The summed E-state index contributed by atoms with van der Waals surface area (Å²) >= 11 is 6.40. The van der Waals surface area contributed by atoms with Crippen molar-refractivity contribution in [3.05, 3.63) is 64.2 Å². The van der Waals surface area contributed by atoms with Crippen LogP contribution in [0.3, 0.4) is 0 Å². The van der Waals surface area contributed by atoms with Gasteiger partial charge in [0.15, 0.2) is 0 Å². The van der Waals surface area contributed by atoms with Gasteiger partial charge in [-0.15, -0.1) is 0 Å². The summed E-state index contributed by atoms with van der Waals surface area (Å²) < 4.78 is 16.9. The molecule has 5 atom stereocenters. The molecule has 1 heterocycles. The second-order valence-corrected chi connectivity index (χ2v) is 8.75. The summed E-state index contributed by atoms with van der Waals surface area (Å²) in [4.78, 5) is 0. The predicted octanol–water partition coefficient (Wildman–Crippen LogP) is 2.00. The first kappa shape index (κ1) is 23.4. The smallest absolute Gasteiger partial charge is 0.119 e. The van der Waals surface area contributed by atoms with Crippen molar-refractivity contribution in [3.63, 3.8) is 0 Å². The van der Waals surface area contributed by atoms with Crippen molar-refractivity contribution in [2.24, 2.45) is 0 Å². The minimum atomic E-state index is -1.42. The van der Waals surface area contributed by atoms with Gasteiger partial charge in [0.1, 0.15) is 42.9 Å². The molecule has 0 amide bonds. The topological polar surface area (TPSA) is 109 Å². The highest BCUT2D eigenvalue weighted by Crippen LogP contribution is 2.34. The number of halogens is 1. The van der Waals surface area contributed by atoms with E-state index in [9.17, 15) is 20.4 Å². The summed E-state index contributed by atoms with van der Waals surface area (Å²) in [7, 11) is 0. The molecule has 7 nitrogen and oxygen atoms in total. The molecule has 0 radical (unpaired) electrons. The molecule has 0 bridgehead atoms. The van der Waals surface area contributed by atoms with Crippen LogP contribution in [-0.2, 0) is 15.9 Å². The van der Waals surface area contributed by atoms with Crippen LogP contribution < -0.4 is 4.74 Å². The van der Waals surface area contributed by atoms with Gasteiger partial charge < -0.3 is 34.6 Å². The zero-order valence-corrected chi connectivity index (χ0v) is 18.4. The van der Waals surface area contributed by atoms with Crippen LogP contribution in [0.5, 0.6) is 5.75 Å². The van der Waals surface area contributed by atoms with Crippen LogP contribution in [0, 0.1) is 0 Å². The summed E-state index contributed by atoms with van der Waals surface area (Å²) in [6, 6.07) is 13.0. The Hall–Kier alpha value is -1.71. The molecule has 0 spiro atoms. The van der Waals surface area contributed by atoms with Crippen molar-refractivity contribution in [3.8, 4) is 5.75 Å². The largest absolute Gasteiger partial charge is 0.491 e. The third-order valence-electron chi connectivity index (χ3n) is 5.84. The number of benzene rings is 2. The monoisotopic (exact) mass is 464 g/mol. The number of aliphatic hydroxyl groups excluding tert-OH is 4. The van der Waals surface area contributed by atoms with Crippen LogP contribution >= 0.6 is 11.6 Å². The number of aliphatic hydroxyl groups is 4. The van der Waals surface area contributed by atoms with Gasteiger partial charge in [-0.2, -0.15) is 0 Å². The lowest BCUT2D eigenvalue weighted by Crippen LogP contribution is -2.55. The second kappa shape index (κ2) is 10.5. The third-order valence-corrected chi connectivity index (χ3v) is 6.21. The summed E-state index contributed by atoms with van der Waals surface area (Å²) in [5.74, 6) is 0.773. The number of hydrogen-bond acceptors (Lipinski definition) is 7. The van der Waals surface area contributed by atoms with Crippen LogP contribution in [0.4, 0.5) is 0 Å². The van der Waals surface area contributed by atoms with Crippen molar-refractivity contribution in [1.82, 2.24) is 0 Å². The molecule has 4 N–H and O–H groups in total. The van der Waals surface area contributed by atoms with Gasteiger partial charge in [-0.25, -0.2) is 0 Å². The first-order chi connectivity index (χ1) is 15.5. The zero-order chi connectivity index (χ0) is 22.7. The Morgan fingerprint density at radius 1 is 0.938 bits per heavy atom. The van der Waals surface area contributed by atoms with E-state index in [1.807, 2.05) is 30.3 Å². The molecule has 4 rings (SSSR count). The standard InChI is InChI=1S/C24H29ClO7/c25-19-8-3-15(24-23(29)22(28)21(27)20(13-26)32-24)12-16(19)11-14-1-4-17(5-2-14)30-9-10-31-18-6-7-18/h1-5,8,12,18,20-24,26-29H,6-7,9-11,13H2/t20-,21?,22+,23?,24+/m1/s1. The summed E-state index contributed by atoms with van der Waals surface area (Å²) in [5, 5.41) is 40.5. The molecule has 2 fully saturated rings. The first-order valence-electron chi connectivity index (χ1n) is 10.9. The van der Waals surface area contributed by atoms with E-state index in [0.29, 0.717) is 36.3 Å². The van der Waals surface area contributed by atoms with Gasteiger partial charge in [0.25, 0.3) is 0 Å². The summed E-state index contributed by atoms with van der Waals surface area (Å²) in [6.07, 6.45) is -2.73. The normalized spacial score (nSPS) is 28.0. The van der Waals surface area contributed by atoms with Crippen molar-refractivity contribution in [2.45, 2.75) is 55.9 Å². The maximum atomic E-state index is 10.4. The fourth-order valence-corrected chi connectivity index (χ4v) is 4.00. The minimum absolute atomic E-state index is 0.421. The van der Waals surface area contributed by atoms with Crippen molar-refractivity contribution >= 4 is 11.6 Å². The van der Waals surface area contributed by atoms with Crippen LogP contribution in [0.15, 0.2) is 42.5 Å². The molecule has 1 aliphatic carbocycles. The van der Waals surface area contributed by atoms with Gasteiger partial charge in [0.2, 0.25) is 0 Å². The van der Waals surface area contributed by atoms with Crippen LogP contribution in [0.25, 0.3) is 0 Å². The summed E-state index contributed by atoms with van der Waals surface area (Å²) in [5.41, 5.74) is 2.46. The number of rotatable bonds is 9. The Balaban J connectivity index is 1.41. The van der Waals surface area contributed by atoms with E-state index in [1.54, 1.807) is 12.1 Å². The molecule has 2 unspecified atom stereocenters. The van der Waals surface area contributed by atoms with E-state index in [1.165, 1.54) is 0 Å². The quantitative estimate of drug-likeness (QED) is 0.420. The average Bonchev–Trinajstić information content (AvgIpc) is 3.63. The van der Waals surface area contributed by atoms with Gasteiger partial charge in [0, 0.05) is 5.02 Å². The number of ether oxygens (including phenoxy) is 3. The Kier molecular flexibility index (Phi) is 7.68. The molecule has 8 heteroatoms. The molecule has 32 heavy (non-hydrogen) atoms. The minimum Gasteiger partial charge on any atom is -0.491 e. The zero-order valence-electron chi connectivity index (χ0n) is 17.6. The first-order valence-corrected chi connectivity index (χ1v) is 11.3. The molecule has 1 aliphatic heterocycles. The van der Waals surface area contributed by atoms with Crippen molar-refractivity contribution in [2.75, 3.05) is 19.8 Å². The fourth-order valence-electron chi connectivity index (χ4n) is 3.82. The second-order valence-electron chi connectivity index (χ2n) is 8.34. The lowest BCUT2D eigenvalue weighted by Gasteiger charge is -2.40. The fraction of sp³-hybridized carbons (Fsp3) is 0.500. The highest BCUT2D eigenvalue weighted by atomic mass is 35.5. The predicted molar refractivity (Wildman–Crippen MR) is 118 cm³/mol. The maximum Gasteiger partial charge on any atom is 0.119 e. The van der Waals surface area contributed by atoms with Gasteiger partial charge >= 0.3 is 0 Å².